The van der Waals surface area contributed by atoms with Crippen LogP contribution in [0.2, 0.25) is 0 Å². The van der Waals surface area contributed by atoms with Crippen LogP contribution in [0, 0.1) is 5.92 Å². The number of Topliss-reactive ketones (excluding diaryl/α,β-unsaturated/α-hetero) is 1. The van der Waals surface area contributed by atoms with Gasteiger partial charge in [0.05, 0.1) is 0 Å². The molecule has 0 radical (unpaired) electrons. The third-order valence-electron chi connectivity index (χ3n) is 3.40. The van der Waals surface area contributed by atoms with Crippen LogP contribution in [-0.4, -0.2) is 11.7 Å². The van der Waals surface area contributed by atoms with Gasteiger partial charge in [-0.2, -0.15) is 0 Å². The number of rotatable bonds is 6. The zero-order valence-corrected chi connectivity index (χ0v) is 11.7. The minimum atomic E-state index is -0.766. The Hall–Kier alpha value is -2.46. The topological polar surface area (TPSA) is 72.2 Å². The molecular formula is C17H18N2O2. The Kier molecular flexibility index (Phi) is 5.23. The first-order valence-electron chi connectivity index (χ1n) is 6.86. The first-order chi connectivity index (χ1) is 10.2. The number of carbonyl (C=O) groups is 2. The van der Waals surface area contributed by atoms with Gasteiger partial charge in [0.15, 0.2) is 5.78 Å². The second-order valence-electron chi connectivity index (χ2n) is 4.82. The second-order valence-corrected chi connectivity index (χ2v) is 4.82. The fraction of sp³-hybridized carbons (Fsp3) is 0.176. The quantitative estimate of drug-likeness (QED) is 0.280. The van der Waals surface area contributed by atoms with Gasteiger partial charge < -0.3 is 0 Å². The van der Waals surface area contributed by atoms with E-state index in [9.17, 15) is 9.59 Å². The Bertz CT molecular complexity index is 597. The number of hydrogen-bond acceptors (Lipinski definition) is 3. The van der Waals surface area contributed by atoms with Crippen LogP contribution >= 0.6 is 0 Å². The van der Waals surface area contributed by atoms with Gasteiger partial charge in [0.25, 0.3) is 0 Å². The maximum atomic E-state index is 12.5. The highest BCUT2D eigenvalue weighted by molar-refractivity contribution is 6.09. The fourth-order valence-electron chi connectivity index (χ4n) is 2.24. The molecule has 1 amide bonds. The Morgan fingerprint density at radius 1 is 0.952 bits per heavy atom. The van der Waals surface area contributed by atoms with Gasteiger partial charge in [0.2, 0.25) is 5.91 Å². The number of benzene rings is 2. The molecule has 3 N–H and O–H groups in total. The number of aryl methyl sites for hydroxylation is 1. The number of amides is 1. The van der Waals surface area contributed by atoms with Crippen molar-refractivity contribution in [1.82, 2.24) is 5.43 Å². The van der Waals surface area contributed by atoms with E-state index in [2.05, 4.69) is 5.43 Å². The smallest absolute Gasteiger partial charge is 0.244 e. The number of nitrogens with one attached hydrogen (secondary N) is 1. The van der Waals surface area contributed by atoms with Gasteiger partial charge in [0, 0.05) is 5.56 Å². The van der Waals surface area contributed by atoms with Crippen molar-refractivity contribution in [2.45, 2.75) is 12.8 Å². The van der Waals surface area contributed by atoms with Crippen molar-refractivity contribution in [1.29, 1.82) is 0 Å². The summed E-state index contributed by atoms with van der Waals surface area (Å²) in [5.41, 5.74) is 3.71. The first-order valence-corrected chi connectivity index (χ1v) is 6.86. The molecule has 1 unspecified atom stereocenters. The zero-order valence-electron chi connectivity index (χ0n) is 11.7. The molecule has 0 aliphatic rings. The molecule has 2 aromatic carbocycles. The molecule has 0 saturated carbocycles. The van der Waals surface area contributed by atoms with Gasteiger partial charge in [-0.05, 0) is 18.4 Å². The third kappa shape index (κ3) is 4.00. The Labute approximate surface area is 123 Å². The van der Waals surface area contributed by atoms with Gasteiger partial charge in [-0.25, -0.2) is 5.84 Å². The summed E-state index contributed by atoms with van der Waals surface area (Å²) >= 11 is 0. The van der Waals surface area contributed by atoms with Crippen molar-refractivity contribution in [3.05, 3.63) is 71.8 Å². The Morgan fingerprint density at radius 2 is 1.52 bits per heavy atom. The highest BCUT2D eigenvalue weighted by atomic mass is 16.2. The molecule has 0 aliphatic carbocycles. The van der Waals surface area contributed by atoms with E-state index in [1.165, 1.54) is 0 Å². The van der Waals surface area contributed by atoms with E-state index in [0.717, 1.165) is 5.56 Å². The highest BCUT2D eigenvalue weighted by Crippen LogP contribution is 2.16. The summed E-state index contributed by atoms with van der Waals surface area (Å²) in [6.07, 6.45) is 1.08. The van der Waals surface area contributed by atoms with Crippen LogP contribution in [0.1, 0.15) is 22.3 Å². The van der Waals surface area contributed by atoms with Crippen LogP contribution in [-0.2, 0) is 11.2 Å². The largest absolute Gasteiger partial charge is 0.294 e. The first kappa shape index (κ1) is 14.9. The molecule has 0 fully saturated rings. The Morgan fingerprint density at radius 3 is 2.10 bits per heavy atom. The SMILES string of the molecule is NNC(=O)C(CCc1ccccc1)C(=O)c1ccccc1. The van der Waals surface area contributed by atoms with E-state index in [-0.39, 0.29) is 5.78 Å². The summed E-state index contributed by atoms with van der Waals surface area (Å²) in [5.74, 6) is 3.80. The van der Waals surface area contributed by atoms with Gasteiger partial charge in [0.1, 0.15) is 5.92 Å². The van der Waals surface area contributed by atoms with Crippen molar-refractivity contribution < 1.29 is 9.59 Å². The van der Waals surface area contributed by atoms with Gasteiger partial charge >= 0.3 is 0 Å². The summed E-state index contributed by atoms with van der Waals surface area (Å²) in [7, 11) is 0. The van der Waals surface area contributed by atoms with E-state index in [1.807, 2.05) is 36.4 Å². The molecule has 0 heterocycles. The van der Waals surface area contributed by atoms with E-state index < -0.39 is 11.8 Å². The fourth-order valence-corrected chi connectivity index (χ4v) is 2.24. The number of ketones is 1. The Balaban J connectivity index is 2.11. The van der Waals surface area contributed by atoms with E-state index in [1.54, 1.807) is 24.3 Å². The average Bonchev–Trinajstić information content (AvgIpc) is 2.56. The van der Waals surface area contributed by atoms with Crippen molar-refractivity contribution in [2.75, 3.05) is 0 Å². The predicted octanol–water partition coefficient (Wildman–Crippen LogP) is 2.11. The number of nitrogens with two attached hydrogens (primary N) is 1. The molecule has 2 rings (SSSR count). The summed E-state index contributed by atoms with van der Waals surface area (Å²) in [6.45, 7) is 0. The maximum Gasteiger partial charge on any atom is 0.244 e. The molecule has 108 valence electrons. The zero-order chi connectivity index (χ0) is 15.1. The van der Waals surface area contributed by atoms with Crippen LogP contribution in [0.5, 0.6) is 0 Å². The molecule has 0 spiro atoms. The normalized spacial score (nSPS) is 11.7. The van der Waals surface area contributed by atoms with Crippen LogP contribution in [0.3, 0.4) is 0 Å². The lowest BCUT2D eigenvalue weighted by Gasteiger charge is -2.14. The average molecular weight is 282 g/mol. The number of hydrogen-bond donors (Lipinski definition) is 2. The minimum absolute atomic E-state index is 0.200. The van der Waals surface area contributed by atoms with Gasteiger partial charge in [-0.15, -0.1) is 0 Å². The minimum Gasteiger partial charge on any atom is -0.294 e. The van der Waals surface area contributed by atoms with Crippen LogP contribution in [0.4, 0.5) is 0 Å². The van der Waals surface area contributed by atoms with Crippen molar-refractivity contribution in [3.63, 3.8) is 0 Å². The van der Waals surface area contributed by atoms with Crippen molar-refractivity contribution >= 4 is 11.7 Å². The molecule has 2 aromatic rings. The van der Waals surface area contributed by atoms with Gasteiger partial charge in [-0.1, -0.05) is 60.7 Å². The summed E-state index contributed by atoms with van der Waals surface area (Å²) in [5, 5.41) is 0. The van der Waals surface area contributed by atoms with Crippen molar-refractivity contribution in [2.24, 2.45) is 11.8 Å². The molecule has 0 saturated heterocycles. The lowest BCUT2D eigenvalue weighted by atomic mass is 9.91. The van der Waals surface area contributed by atoms with Crippen LogP contribution < -0.4 is 11.3 Å². The standard InChI is InChI=1S/C17H18N2O2/c18-19-17(21)15(12-11-13-7-3-1-4-8-13)16(20)14-9-5-2-6-10-14/h1-10,15H,11-12,18H2,(H,19,21). The second kappa shape index (κ2) is 7.36. The summed E-state index contributed by atoms with van der Waals surface area (Å²) in [4.78, 5) is 24.3. The van der Waals surface area contributed by atoms with E-state index in [4.69, 9.17) is 5.84 Å². The molecule has 1 atom stereocenters. The molecule has 0 aromatic heterocycles. The van der Waals surface area contributed by atoms with E-state index in [0.29, 0.717) is 18.4 Å². The summed E-state index contributed by atoms with van der Waals surface area (Å²) < 4.78 is 0. The van der Waals surface area contributed by atoms with Crippen LogP contribution in [0.25, 0.3) is 0 Å². The molecule has 0 bridgehead atoms. The maximum absolute atomic E-state index is 12.5. The lowest BCUT2D eigenvalue weighted by Crippen LogP contribution is -2.39. The number of hydrazine groups is 1. The number of carbonyl (C=O) groups excluding carboxylic acids is 2. The monoisotopic (exact) mass is 282 g/mol. The molecule has 21 heavy (non-hydrogen) atoms. The van der Waals surface area contributed by atoms with Crippen LogP contribution in [0.15, 0.2) is 60.7 Å². The molecule has 4 nitrogen and oxygen atoms in total. The highest BCUT2D eigenvalue weighted by Gasteiger charge is 2.26. The van der Waals surface area contributed by atoms with Gasteiger partial charge in [-0.3, -0.25) is 15.0 Å². The summed E-state index contributed by atoms with van der Waals surface area (Å²) in [6, 6.07) is 18.6. The molecular weight excluding hydrogens is 264 g/mol. The lowest BCUT2D eigenvalue weighted by molar-refractivity contribution is -0.123. The third-order valence-corrected chi connectivity index (χ3v) is 3.40. The van der Waals surface area contributed by atoms with E-state index >= 15 is 0 Å². The molecule has 4 heteroatoms. The predicted molar refractivity (Wildman–Crippen MR) is 81.4 cm³/mol. The van der Waals surface area contributed by atoms with Crippen molar-refractivity contribution in [3.8, 4) is 0 Å². The molecule has 0 aliphatic heterocycles.